The topological polar surface area (TPSA) is 116 Å². The van der Waals surface area contributed by atoms with Crippen LogP contribution in [-0.2, 0) is 14.3 Å². The minimum atomic E-state index is -1.29. The summed E-state index contributed by atoms with van der Waals surface area (Å²) in [6, 6.07) is 12.3. The summed E-state index contributed by atoms with van der Waals surface area (Å²) in [5.41, 5.74) is 1.31. The lowest BCUT2D eigenvalue weighted by atomic mass is 9.89. The van der Waals surface area contributed by atoms with E-state index in [1.165, 1.54) is 12.1 Å². The normalized spacial score (nSPS) is 18.4. The molecule has 2 aromatic carbocycles. The van der Waals surface area contributed by atoms with Gasteiger partial charge in [-0.1, -0.05) is 30.3 Å². The average molecular weight is 380 g/mol. The van der Waals surface area contributed by atoms with Crippen molar-refractivity contribution in [3.63, 3.8) is 0 Å². The number of carbonyl (C=O) groups excluding carboxylic acids is 2. The molecule has 9 heteroatoms. The van der Waals surface area contributed by atoms with E-state index < -0.39 is 28.8 Å². The molecule has 0 spiro atoms. The van der Waals surface area contributed by atoms with Crippen LogP contribution in [0.15, 0.2) is 48.5 Å². The fraction of sp³-hybridized carbons (Fsp3) is 0.211. The number of rotatable bonds is 4. The summed E-state index contributed by atoms with van der Waals surface area (Å²) in [6.07, 6.45) is 0. The van der Waals surface area contributed by atoms with E-state index in [0.717, 1.165) is 0 Å². The van der Waals surface area contributed by atoms with E-state index >= 15 is 0 Å². The van der Waals surface area contributed by atoms with Gasteiger partial charge in [0.1, 0.15) is 0 Å². The van der Waals surface area contributed by atoms with Crippen molar-refractivity contribution in [2.75, 3.05) is 11.9 Å². The van der Waals surface area contributed by atoms with Crippen molar-refractivity contribution in [2.45, 2.75) is 13.0 Å². The summed E-state index contributed by atoms with van der Waals surface area (Å²) in [6.45, 7) is 1.72. The molecule has 0 fully saturated rings. The molecule has 0 unspecified atom stereocenters. The first-order valence-electron chi connectivity index (χ1n) is 8.70. The highest BCUT2D eigenvalue weighted by Crippen LogP contribution is 2.41. The van der Waals surface area contributed by atoms with Crippen LogP contribution in [0.1, 0.15) is 18.5 Å². The first-order chi connectivity index (χ1) is 13.5. The van der Waals surface area contributed by atoms with Crippen LogP contribution in [0.25, 0.3) is 11.0 Å². The van der Waals surface area contributed by atoms with Gasteiger partial charge in [-0.15, -0.1) is 0 Å². The van der Waals surface area contributed by atoms with E-state index in [2.05, 4.69) is 10.3 Å². The largest absolute Gasteiger partial charge is 0.465 e. The molecule has 1 aliphatic heterocycles. The Bertz CT molecular complexity index is 1110. The molecule has 28 heavy (non-hydrogen) atoms. The molecule has 0 saturated carbocycles. The van der Waals surface area contributed by atoms with Crippen molar-refractivity contribution in [3.8, 4) is 0 Å². The molecule has 1 amide bonds. The SMILES string of the molecule is CCOC(=O)[C@@H]1C(=O)Nc2nc3ccccc3n2[C@@H]1c1ccccc1[N+](=O)[O-]. The number of nitro groups is 1. The van der Waals surface area contributed by atoms with Gasteiger partial charge in [-0.2, -0.15) is 0 Å². The molecule has 0 aliphatic carbocycles. The standard InChI is InChI=1S/C19H16N4O5/c1-2-28-18(25)15-16(11-7-3-5-9-13(11)23(26)27)22-14-10-6-4-8-12(14)20-19(22)21-17(15)24/h3-10,15-16H,2H2,1H3,(H,20,21,24)/t15-,16+/m0/s1. The minimum Gasteiger partial charge on any atom is -0.465 e. The Balaban J connectivity index is 2.02. The third-order valence-electron chi connectivity index (χ3n) is 4.70. The lowest BCUT2D eigenvalue weighted by molar-refractivity contribution is -0.385. The summed E-state index contributed by atoms with van der Waals surface area (Å²) in [4.78, 5) is 40.9. The van der Waals surface area contributed by atoms with Crippen LogP contribution in [0.3, 0.4) is 0 Å². The van der Waals surface area contributed by atoms with Gasteiger partial charge in [0.25, 0.3) is 5.69 Å². The van der Waals surface area contributed by atoms with Crippen LogP contribution in [0, 0.1) is 16.0 Å². The molecule has 1 aliphatic rings. The number of anilines is 1. The number of nitrogens with zero attached hydrogens (tertiary/aromatic N) is 3. The van der Waals surface area contributed by atoms with Gasteiger partial charge in [0.15, 0.2) is 5.92 Å². The maximum Gasteiger partial charge on any atom is 0.321 e. The fourth-order valence-corrected chi connectivity index (χ4v) is 3.59. The molecule has 4 rings (SSSR count). The molecule has 1 N–H and O–H groups in total. The summed E-state index contributed by atoms with van der Waals surface area (Å²) < 4.78 is 6.76. The lowest BCUT2D eigenvalue weighted by Crippen LogP contribution is -2.43. The van der Waals surface area contributed by atoms with Crippen molar-refractivity contribution in [1.82, 2.24) is 9.55 Å². The van der Waals surface area contributed by atoms with Crippen LogP contribution >= 0.6 is 0 Å². The van der Waals surface area contributed by atoms with Gasteiger partial charge in [-0.3, -0.25) is 25.0 Å². The van der Waals surface area contributed by atoms with Gasteiger partial charge in [0, 0.05) is 6.07 Å². The number of fused-ring (bicyclic) bond motifs is 3. The van der Waals surface area contributed by atoms with Crippen LogP contribution in [0.2, 0.25) is 0 Å². The molecule has 0 saturated heterocycles. The molecule has 1 aromatic heterocycles. The summed E-state index contributed by atoms with van der Waals surface area (Å²) in [5, 5.41) is 14.3. The molecule has 142 valence electrons. The molecule has 9 nitrogen and oxygen atoms in total. The van der Waals surface area contributed by atoms with Crippen molar-refractivity contribution in [1.29, 1.82) is 0 Å². The molecule has 2 heterocycles. The number of imidazole rings is 1. The second-order valence-electron chi connectivity index (χ2n) is 6.27. The van der Waals surface area contributed by atoms with Crippen molar-refractivity contribution >= 4 is 34.5 Å². The number of nitro benzene ring substituents is 1. The molecular formula is C19H16N4O5. The zero-order valence-electron chi connectivity index (χ0n) is 14.9. The van der Waals surface area contributed by atoms with E-state index in [4.69, 9.17) is 4.74 Å². The summed E-state index contributed by atoms with van der Waals surface area (Å²) >= 11 is 0. The Morgan fingerprint density at radius 1 is 1.25 bits per heavy atom. The first-order valence-corrected chi connectivity index (χ1v) is 8.70. The second-order valence-corrected chi connectivity index (χ2v) is 6.27. The third kappa shape index (κ3) is 2.68. The Labute approximate surface area is 159 Å². The molecular weight excluding hydrogens is 364 g/mol. The number of aromatic nitrogens is 2. The number of benzene rings is 2. The van der Waals surface area contributed by atoms with Crippen molar-refractivity contribution in [2.24, 2.45) is 5.92 Å². The van der Waals surface area contributed by atoms with Crippen molar-refractivity contribution < 1.29 is 19.2 Å². The zero-order valence-corrected chi connectivity index (χ0v) is 14.9. The average Bonchev–Trinajstić information content (AvgIpc) is 3.04. The number of ether oxygens (including phenoxy) is 1. The van der Waals surface area contributed by atoms with Gasteiger partial charge < -0.3 is 9.30 Å². The van der Waals surface area contributed by atoms with E-state index in [9.17, 15) is 19.7 Å². The highest BCUT2D eigenvalue weighted by Gasteiger charge is 2.46. The van der Waals surface area contributed by atoms with Gasteiger partial charge >= 0.3 is 5.97 Å². The highest BCUT2D eigenvalue weighted by molar-refractivity contribution is 6.07. The number of hydrogen-bond acceptors (Lipinski definition) is 6. The van der Waals surface area contributed by atoms with Gasteiger partial charge in [-0.25, -0.2) is 4.98 Å². The molecule has 3 aromatic rings. The van der Waals surface area contributed by atoms with Gasteiger partial charge in [0.2, 0.25) is 11.9 Å². The Morgan fingerprint density at radius 2 is 1.96 bits per heavy atom. The second kappa shape index (κ2) is 6.76. The maximum atomic E-state index is 12.8. The zero-order chi connectivity index (χ0) is 19.8. The predicted octanol–water partition coefficient (Wildman–Crippen LogP) is 2.67. The van der Waals surface area contributed by atoms with Crippen LogP contribution in [-0.4, -0.2) is 33.0 Å². The Hall–Kier alpha value is -3.75. The highest BCUT2D eigenvalue weighted by atomic mass is 16.6. The molecule has 2 atom stereocenters. The number of para-hydroxylation sites is 3. The van der Waals surface area contributed by atoms with Crippen LogP contribution in [0.5, 0.6) is 0 Å². The lowest BCUT2D eigenvalue weighted by Gasteiger charge is -2.31. The molecule has 0 radical (unpaired) electrons. The van der Waals surface area contributed by atoms with E-state index in [1.54, 1.807) is 47.9 Å². The van der Waals surface area contributed by atoms with E-state index in [1.807, 2.05) is 0 Å². The van der Waals surface area contributed by atoms with E-state index in [0.29, 0.717) is 11.0 Å². The van der Waals surface area contributed by atoms with Gasteiger partial charge in [-0.05, 0) is 19.1 Å². The van der Waals surface area contributed by atoms with Crippen LogP contribution < -0.4 is 5.32 Å². The van der Waals surface area contributed by atoms with E-state index in [-0.39, 0.29) is 23.8 Å². The maximum absolute atomic E-state index is 12.8. The number of hydrogen-bond donors (Lipinski definition) is 1. The molecule has 0 bridgehead atoms. The summed E-state index contributed by atoms with van der Waals surface area (Å²) in [7, 11) is 0. The van der Waals surface area contributed by atoms with Gasteiger partial charge in [0.05, 0.1) is 34.2 Å². The minimum absolute atomic E-state index is 0.0871. The predicted molar refractivity (Wildman–Crippen MR) is 99.7 cm³/mol. The van der Waals surface area contributed by atoms with Crippen LogP contribution in [0.4, 0.5) is 11.6 Å². The number of amides is 1. The number of esters is 1. The fourth-order valence-electron chi connectivity index (χ4n) is 3.59. The number of carbonyl (C=O) groups is 2. The summed E-state index contributed by atoms with van der Waals surface area (Å²) in [5.74, 6) is -2.41. The monoisotopic (exact) mass is 380 g/mol. The quantitative estimate of drug-likeness (QED) is 0.322. The smallest absolute Gasteiger partial charge is 0.321 e. The Morgan fingerprint density at radius 3 is 2.71 bits per heavy atom. The Kier molecular flexibility index (Phi) is 4.26. The number of nitrogens with one attached hydrogen (secondary N) is 1. The van der Waals surface area contributed by atoms with Crippen molar-refractivity contribution in [3.05, 3.63) is 64.2 Å². The third-order valence-corrected chi connectivity index (χ3v) is 4.70. The first kappa shape index (κ1) is 17.7.